The second-order valence-electron chi connectivity index (χ2n) is 7.58. The van der Waals surface area contributed by atoms with Gasteiger partial charge in [0, 0.05) is 13.1 Å². The summed E-state index contributed by atoms with van der Waals surface area (Å²) in [6.07, 6.45) is 1.93. The van der Waals surface area contributed by atoms with Crippen LogP contribution in [0, 0.1) is 5.92 Å². The molecule has 0 amide bonds. The third-order valence-electron chi connectivity index (χ3n) is 5.52. The topological polar surface area (TPSA) is 77.1 Å². The molecule has 1 N–H and O–H groups in total. The fraction of sp³-hybridized carbons (Fsp3) is 0.455. The van der Waals surface area contributed by atoms with E-state index in [4.69, 9.17) is 14.2 Å². The zero-order valence-electron chi connectivity index (χ0n) is 17.0. The summed E-state index contributed by atoms with van der Waals surface area (Å²) in [7, 11) is -3.43. The molecule has 0 aromatic heterocycles. The van der Waals surface area contributed by atoms with Crippen molar-refractivity contribution in [3.05, 3.63) is 48.5 Å². The van der Waals surface area contributed by atoms with Gasteiger partial charge in [0.25, 0.3) is 0 Å². The van der Waals surface area contributed by atoms with Crippen LogP contribution in [0.1, 0.15) is 12.8 Å². The van der Waals surface area contributed by atoms with Crippen LogP contribution in [0.25, 0.3) is 0 Å². The molecular formula is C22H28N2O5S. The van der Waals surface area contributed by atoms with Gasteiger partial charge in [-0.1, -0.05) is 24.3 Å². The van der Waals surface area contributed by atoms with Gasteiger partial charge in [0.05, 0.1) is 4.90 Å². The van der Waals surface area contributed by atoms with Crippen LogP contribution in [0.4, 0.5) is 0 Å². The zero-order chi connectivity index (χ0) is 20.8. The molecule has 1 fully saturated rings. The summed E-state index contributed by atoms with van der Waals surface area (Å²) in [5.41, 5.74) is 0. The first-order chi connectivity index (χ1) is 14.6. The van der Waals surface area contributed by atoms with Gasteiger partial charge in [-0.25, -0.2) is 13.1 Å². The van der Waals surface area contributed by atoms with Crippen LogP contribution in [0.2, 0.25) is 0 Å². The minimum atomic E-state index is -3.43. The molecule has 4 rings (SSSR count). The molecule has 0 radical (unpaired) electrons. The van der Waals surface area contributed by atoms with Crippen molar-refractivity contribution in [3.8, 4) is 17.2 Å². The van der Waals surface area contributed by atoms with E-state index in [2.05, 4.69) is 9.62 Å². The fourth-order valence-corrected chi connectivity index (χ4v) is 4.91. The van der Waals surface area contributed by atoms with Gasteiger partial charge in [-0.05, 0) is 56.1 Å². The minimum absolute atomic E-state index is 0.317. The Hall–Kier alpha value is -2.29. The quantitative estimate of drug-likeness (QED) is 0.691. The minimum Gasteiger partial charge on any atom is -0.488 e. The molecule has 0 atom stereocenters. The molecule has 2 aromatic rings. The molecule has 8 heteroatoms. The number of sulfonamides is 1. The summed E-state index contributed by atoms with van der Waals surface area (Å²) >= 11 is 0. The number of ether oxygens (including phenoxy) is 3. The summed E-state index contributed by atoms with van der Waals surface area (Å²) in [6, 6.07) is 14.2. The number of likely N-dealkylation sites (tertiary alicyclic amines) is 1. The summed E-state index contributed by atoms with van der Waals surface area (Å²) in [5, 5.41) is 0. The highest BCUT2D eigenvalue weighted by Gasteiger charge is 2.22. The van der Waals surface area contributed by atoms with Gasteiger partial charge in [0.1, 0.15) is 19.8 Å². The van der Waals surface area contributed by atoms with E-state index in [9.17, 15) is 8.42 Å². The van der Waals surface area contributed by atoms with E-state index in [0.29, 0.717) is 42.9 Å². The second kappa shape index (κ2) is 9.68. The first kappa shape index (κ1) is 21.0. The number of para-hydroxylation sites is 1. The number of hydrogen-bond acceptors (Lipinski definition) is 6. The molecule has 2 aliphatic rings. The van der Waals surface area contributed by atoms with Crippen LogP contribution in [-0.2, 0) is 10.0 Å². The molecule has 7 nitrogen and oxygen atoms in total. The largest absolute Gasteiger partial charge is 0.488 e. The fourth-order valence-electron chi connectivity index (χ4n) is 3.77. The molecule has 30 heavy (non-hydrogen) atoms. The monoisotopic (exact) mass is 432 g/mol. The van der Waals surface area contributed by atoms with Crippen LogP contribution in [0.15, 0.2) is 53.4 Å². The van der Waals surface area contributed by atoms with Crippen LogP contribution >= 0.6 is 0 Å². The number of nitrogens with one attached hydrogen (secondary N) is 1. The normalized spacial score (nSPS) is 17.6. The number of nitrogens with zero attached hydrogens (tertiary/aromatic N) is 1. The smallest absolute Gasteiger partial charge is 0.240 e. The van der Waals surface area contributed by atoms with Crippen molar-refractivity contribution in [1.82, 2.24) is 9.62 Å². The molecule has 2 aromatic carbocycles. The van der Waals surface area contributed by atoms with E-state index in [1.165, 1.54) is 0 Å². The molecular weight excluding hydrogens is 404 g/mol. The van der Waals surface area contributed by atoms with Crippen molar-refractivity contribution in [2.75, 3.05) is 46.0 Å². The lowest BCUT2D eigenvalue weighted by Gasteiger charge is -2.32. The molecule has 0 spiro atoms. The SMILES string of the molecule is O=S(=O)(NCC1CCN(CCOc2cccc3c2OCCO3)CC1)c1ccccc1. The molecule has 162 valence electrons. The van der Waals surface area contributed by atoms with Gasteiger partial charge < -0.3 is 14.2 Å². The summed E-state index contributed by atoms with van der Waals surface area (Å²) in [4.78, 5) is 2.67. The highest BCUT2D eigenvalue weighted by atomic mass is 32.2. The van der Waals surface area contributed by atoms with E-state index in [-0.39, 0.29) is 0 Å². The van der Waals surface area contributed by atoms with Gasteiger partial charge in [0.2, 0.25) is 15.8 Å². The van der Waals surface area contributed by atoms with Crippen molar-refractivity contribution in [1.29, 1.82) is 0 Å². The molecule has 0 aliphatic carbocycles. The van der Waals surface area contributed by atoms with Gasteiger partial charge in [-0.2, -0.15) is 0 Å². The molecule has 0 saturated carbocycles. The molecule has 1 saturated heterocycles. The Kier molecular flexibility index (Phi) is 6.76. The van der Waals surface area contributed by atoms with E-state index >= 15 is 0 Å². The van der Waals surface area contributed by atoms with E-state index in [0.717, 1.165) is 44.0 Å². The number of fused-ring (bicyclic) bond motifs is 1. The van der Waals surface area contributed by atoms with Crippen molar-refractivity contribution in [2.24, 2.45) is 5.92 Å². The molecule has 0 unspecified atom stereocenters. The molecule has 2 heterocycles. The summed E-state index contributed by atoms with van der Waals surface area (Å²) < 4.78 is 44.7. The van der Waals surface area contributed by atoms with E-state index in [1.54, 1.807) is 24.3 Å². The van der Waals surface area contributed by atoms with Crippen molar-refractivity contribution in [2.45, 2.75) is 17.7 Å². The van der Waals surface area contributed by atoms with Crippen molar-refractivity contribution >= 4 is 10.0 Å². The third kappa shape index (κ3) is 5.24. The third-order valence-corrected chi connectivity index (χ3v) is 6.96. The predicted octanol–water partition coefficient (Wildman–Crippen LogP) is 2.53. The Balaban J connectivity index is 1.18. The number of rotatable bonds is 8. The Morgan fingerprint density at radius 2 is 1.77 bits per heavy atom. The summed E-state index contributed by atoms with van der Waals surface area (Å²) in [6.45, 7) is 4.86. The predicted molar refractivity (Wildman–Crippen MR) is 114 cm³/mol. The Morgan fingerprint density at radius 3 is 2.57 bits per heavy atom. The van der Waals surface area contributed by atoms with Gasteiger partial charge >= 0.3 is 0 Å². The maximum Gasteiger partial charge on any atom is 0.240 e. The summed E-state index contributed by atoms with van der Waals surface area (Å²) in [5.74, 6) is 2.50. The average Bonchev–Trinajstić information content (AvgIpc) is 2.79. The molecule has 2 aliphatic heterocycles. The lowest BCUT2D eigenvalue weighted by molar-refractivity contribution is 0.143. The zero-order valence-corrected chi connectivity index (χ0v) is 17.8. The number of piperidine rings is 1. The second-order valence-corrected chi connectivity index (χ2v) is 9.35. The van der Waals surface area contributed by atoms with Crippen LogP contribution < -0.4 is 18.9 Å². The first-order valence-corrected chi connectivity index (χ1v) is 11.9. The van der Waals surface area contributed by atoms with Crippen LogP contribution in [-0.4, -0.2) is 59.3 Å². The Morgan fingerprint density at radius 1 is 1.00 bits per heavy atom. The maximum absolute atomic E-state index is 12.4. The van der Waals surface area contributed by atoms with Gasteiger partial charge in [0.15, 0.2) is 11.5 Å². The Bertz CT molecular complexity index is 928. The van der Waals surface area contributed by atoms with Crippen LogP contribution in [0.5, 0.6) is 17.2 Å². The van der Waals surface area contributed by atoms with Crippen LogP contribution in [0.3, 0.4) is 0 Å². The lowest BCUT2D eigenvalue weighted by atomic mass is 9.97. The van der Waals surface area contributed by atoms with Crippen molar-refractivity contribution in [3.63, 3.8) is 0 Å². The number of benzene rings is 2. The number of hydrogen-bond donors (Lipinski definition) is 1. The Labute approximate surface area is 178 Å². The highest BCUT2D eigenvalue weighted by Crippen LogP contribution is 2.38. The maximum atomic E-state index is 12.4. The van der Waals surface area contributed by atoms with Crippen molar-refractivity contribution < 1.29 is 22.6 Å². The van der Waals surface area contributed by atoms with E-state index in [1.807, 2.05) is 24.3 Å². The lowest BCUT2D eigenvalue weighted by Crippen LogP contribution is -2.40. The van der Waals surface area contributed by atoms with Gasteiger partial charge in [-0.15, -0.1) is 0 Å². The standard InChI is InChI=1S/C22H28N2O5S/c25-30(26,19-5-2-1-3-6-19)23-17-18-9-11-24(12-10-18)13-14-27-20-7-4-8-21-22(20)29-16-15-28-21/h1-8,18,23H,9-17H2. The highest BCUT2D eigenvalue weighted by molar-refractivity contribution is 7.89. The first-order valence-electron chi connectivity index (χ1n) is 10.4. The molecule has 0 bridgehead atoms. The average molecular weight is 433 g/mol. The van der Waals surface area contributed by atoms with E-state index < -0.39 is 10.0 Å². The van der Waals surface area contributed by atoms with Gasteiger partial charge in [-0.3, -0.25) is 4.90 Å².